The quantitative estimate of drug-likeness (QED) is 0.616. The SMILES string of the molecule is Cc1cccc(C)c1NC(=O)c1cccnc1Nc1cccc(Br)c1. The second-order valence-electron chi connectivity index (χ2n) is 5.76. The van der Waals surface area contributed by atoms with E-state index in [1.54, 1.807) is 18.3 Å². The van der Waals surface area contributed by atoms with Gasteiger partial charge < -0.3 is 10.6 Å². The Bertz CT molecular complexity index is 904. The fraction of sp³-hybridized carbons (Fsp3) is 0.100. The predicted molar refractivity (Wildman–Crippen MR) is 106 cm³/mol. The van der Waals surface area contributed by atoms with Crippen LogP contribution < -0.4 is 10.6 Å². The van der Waals surface area contributed by atoms with Crippen molar-refractivity contribution in [3.05, 3.63) is 82.0 Å². The molecule has 0 spiro atoms. The average Bonchev–Trinajstić information content (AvgIpc) is 2.59. The van der Waals surface area contributed by atoms with Crippen LogP contribution in [0.1, 0.15) is 21.5 Å². The van der Waals surface area contributed by atoms with E-state index in [0.29, 0.717) is 11.4 Å². The van der Waals surface area contributed by atoms with E-state index in [9.17, 15) is 4.79 Å². The van der Waals surface area contributed by atoms with Gasteiger partial charge in [-0.05, 0) is 55.3 Å². The molecule has 0 aliphatic rings. The van der Waals surface area contributed by atoms with Crippen molar-refractivity contribution in [3.8, 4) is 0 Å². The highest BCUT2D eigenvalue weighted by atomic mass is 79.9. The largest absolute Gasteiger partial charge is 0.340 e. The molecule has 3 rings (SSSR count). The monoisotopic (exact) mass is 395 g/mol. The molecule has 0 saturated heterocycles. The van der Waals surface area contributed by atoms with E-state index in [4.69, 9.17) is 0 Å². The first kappa shape index (κ1) is 17.2. The van der Waals surface area contributed by atoms with E-state index in [1.807, 2.05) is 56.3 Å². The number of carbonyl (C=O) groups is 1. The lowest BCUT2D eigenvalue weighted by atomic mass is 10.1. The topological polar surface area (TPSA) is 54.0 Å². The second kappa shape index (κ2) is 7.49. The van der Waals surface area contributed by atoms with Crippen LogP contribution in [-0.4, -0.2) is 10.9 Å². The zero-order valence-corrected chi connectivity index (χ0v) is 15.6. The molecule has 2 N–H and O–H groups in total. The summed E-state index contributed by atoms with van der Waals surface area (Å²) in [6.45, 7) is 3.96. The fourth-order valence-electron chi connectivity index (χ4n) is 2.58. The highest BCUT2D eigenvalue weighted by molar-refractivity contribution is 9.10. The van der Waals surface area contributed by atoms with E-state index in [1.165, 1.54) is 0 Å². The zero-order chi connectivity index (χ0) is 17.8. The molecule has 0 aliphatic carbocycles. The summed E-state index contributed by atoms with van der Waals surface area (Å²) < 4.78 is 0.954. The van der Waals surface area contributed by atoms with Crippen molar-refractivity contribution >= 4 is 39.0 Å². The van der Waals surface area contributed by atoms with Crippen molar-refractivity contribution in [3.63, 3.8) is 0 Å². The van der Waals surface area contributed by atoms with E-state index < -0.39 is 0 Å². The van der Waals surface area contributed by atoms with Crippen molar-refractivity contribution in [2.75, 3.05) is 10.6 Å². The van der Waals surface area contributed by atoms with Crippen molar-refractivity contribution < 1.29 is 4.79 Å². The molecule has 5 heteroatoms. The molecule has 0 radical (unpaired) electrons. The Morgan fingerprint density at radius 3 is 2.44 bits per heavy atom. The van der Waals surface area contributed by atoms with E-state index in [-0.39, 0.29) is 5.91 Å². The number of hydrogen-bond donors (Lipinski definition) is 2. The van der Waals surface area contributed by atoms with Gasteiger partial charge in [0.05, 0.1) is 5.56 Å². The minimum atomic E-state index is -0.192. The van der Waals surface area contributed by atoms with Crippen LogP contribution in [0, 0.1) is 13.8 Å². The number of amides is 1. The van der Waals surface area contributed by atoms with Crippen LogP contribution in [0.2, 0.25) is 0 Å². The number of para-hydroxylation sites is 1. The minimum absolute atomic E-state index is 0.192. The van der Waals surface area contributed by atoms with Crippen molar-refractivity contribution in [2.24, 2.45) is 0 Å². The molecule has 25 heavy (non-hydrogen) atoms. The Morgan fingerprint density at radius 2 is 1.72 bits per heavy atom. The maximum Gasteiger partial charge on any atom is 0.259 e. The number of halogens is 1. The maximum atomic E-state index is 12.8. The first-order valence-corrected chi connectivity index (χ1v) is 8.69. The Labute approximate surface area is 155 Å². The number of nitrogens with zero attached hydrogens (tertiary/aromatic N) is 1. The smallest absolute Gasteiger partial charge is 0.259 e. The number of rotatable bonds is 4. The number of aromatic nitrogens is 1. The summed E-state index contributed by atoms with van der Waals surface area (Å²) in [5, 5.41) is 6.21. The van der Waals surface area contributed by atoms with Gasteiger partial charge in [0.15, 0.2) is 0 Å². The van der Waals surface area contributed by atoms with Crippen LogP contribution in [0.3, 0.4) is 0 Å². The van der Waals surface area contributed by atoms with Gasteiger partial charge in [-0.1, -0.05) is 40.2 Å². The third kappa shape index (κ3) is 4.06. The molecule has 0 bridgehead atoms. The molecular formula is C20H18BrN3O. The summed E-state index contributed by atoms with van der Waals surface area (Å²) in [5.41, 5.74) is 4.24. The van der Waals surface area contributed by atoms with Gasteiger partial charge in [0.1, 0.15) is 5.82 Å². The van der Waals surface area contributed by atoms with Gasteiger partial charge in [-0.25, -0.2) is 4.98 Å². The number of hydrogen-bond acceptors (Lipinski definition) is 3. The first-order valence-electron chi connectivity index (χ1n) is 7.90. The molecule has 3 aromatic rings. The van der Waals surface area contributed by atoms with Crippen LogP contribution in [-0.2, 0) is 0 Å². The number of pyridine rings is 1. The van der Waals surface area contributed by atoms with Gasteiger partial charge in [0, 0.05) is 22.0 Å². The zero-order valence-electron chi connectivity index (χ0n) is 14.0. The van der Waals surface area contributed by atoms with Gasteiger partial charge in [0.25, 0.3) is 5.91 Å². The maximum absolute atomic E-state index is 12.8. The van der Waals surface area contributed by atoms with Crippen LogP contribution in [0.4, 0.5) is 17.2 Å². The van der Waals surface area contributed by atoms with Crippen molar-refractivity contribution in [1.29, 1.82) is 0 Å². The molecule has 0 atom stereocenters. The van der Waals surface area contributed by atoms with Crippen molar-refractivity contribution in [2.45, 2.75) is 13.8 Å². The van der Waals surface area contributed by atoms with Crippen molar-refractivity contribution in [1.82, 2.24) is 4.98 Å². The Hall–Kier alpha value is -2.66. The lowest BCUT2D eigenvalue weighted by Crippen LogP contribution is -2.16. The number of aryl methyl sites for hydroxylation is 2. The van der Waals surface area contributed by atoms with E-state index >= 15 is 0 Å². The summed E-state index contributed by atoms with van der Waals surface area (Å²) in [6.07, 6.45) is 1.66. The Morgan fingerprint density at radius 1 is 1.00 bits per heavy atom. The normalized spacial score (nSPS) is 10.4. The lowest BCUT2D eigenvalue weighted by molar-refractivity contribution is 0.102. The van der Waals surface area contributed by atoms with Gasteiger partial charge in [-0.15, -0.1) is 0 Å². The molecule has 2 aromatic carbocycles. The van der Waals surface area contributed by atoms with E-state index in [0.717, 1.165) is 27.0 Å². The molecular weight excluding hydrogens is 378 g/mol. The highest BCUT2D eigenvalue weighted by Gasteiger charge is 2.14. The van der Waals surface area contributed by atoms with Crippen LogP contribution in [0.25, 0.3) is 0 Å². The fourth-order valence-corrected chi connectivity index (χ4v) is 2.98. The number of carbonyl (C=O) groups excluding carboxylic acids is 1. The Balaban J connectivity index is 1.89. The van der Waals surface area contributed by atoms with Crippen LogP contribution in [0.15, 0.2) is 65.3 Å². The molecule has 0 unspecified atom stereocenters. The summed E-state index contributed by atoms with van der Waals surface area (Å²) >= 11 is 3.44. The van der Waals surface area contributed by atoms with E-state index in [2.05, 4.69) is 31.5 Å². The van der Waals surface area contributed by atoms with Crippen LogP contribution >= 0.6 is 15.9 Å². The standard InChI is InChI=1S/C20H18BrN3O/c1-13-6-3-7-14(2)18(13)24-20(25)17-10-5-11-22-19(17)23-16-9-4-8-15(21)12-16/h3-12H,1-2H3,(H,22,23)(H,24,25). The molecule has 4 nitrogen and oxygen atoms in total. The van der Waals surface area contributed by atoms with Gasteiger partial charge in [-0.2, -0.15) is 0 Å². The Kier molecular flexibility index (Phi) is 5.14. The summed E-state index contributed by atoms with van der Waals surface area (Å²) in [4.78, 5) is 17.1. The summed E-state index contributed by atoms with van der Waals surface area (Å²) in [7, 11) is 0. The molecule has 1 amide bonds. The summed E-state index contributed by atoms with van der Waals surface area (Å²) in [6, 6.07) is 17.2. The first-order chi connectivity index (χ1) is 12.0. The van der Waals surface area contributed by atoms with Gasteiger partial charge in [-0.3, -0.25) is 4.79 Å². The average molecular weight is 396 g/mol. The molecule has 126 valence electrons. The number of nitrogens with one attached hydrogen (secondary N) is 2. The molecule has 0 fully saturated rings. The van der Waals surface area contributed by atoms with Gasteiger partial charge in [0.2, 0.25) is 0 Å². The predicted octanol–water partition coefficient (Wildman–Crippen LogP) is 5.46. The van der Waals surface area contributed by atoms with Crippen LogP contribution in [0.5, 0.6) is 0 Å². The molecule has 0 aliphatic heterocycles. The third-order valence-corrected chi connectivity index (χ3v) is 4.35. The number of anilines is 3. The molecule has 1 heterocycles. The third-order valence-electron chi connectivity index (χ3n) is 3.86. The van der Waals surface area contributed by atoms with Gasteiger partial charge >= 0.3 is 0 Å². The minimum Gasteiger partial charge on any atom is -0.340 e. The highest BCUT2D eigenvalue weighted by Crippen LogP contribution is 2.24. The molecule has 1 aromatic heterocycles. The molecule has 0 saturated carbocycles. The summed E-state index contributed by atoms with van der Waals surface area (Å²) in [5.74, 6) is 0.326. The second-order valence-corrected chi connectivity index (χ2v) is 6.67. The lowest BCUT2D eigenvalue weighted by Gasteiger charge is -2.14. The number of benzene rings is 2.